The highest BCUT2D eigenvalue weighted by molar-refractivity contribution is 7.15. The van der Waals surface area contributed by atoms with Gasteiger partial charge in [-0.3, -0.25) is 4.79 Å². The summed E-state index contributed by atoms with van der Waals surface area (Å²) in [5, 5.41) is 10.9. The van der Waals surface area contributed by atoms with Crippen LogP contribution in [0.25, 0.3) is 0 Å². The minimum atomic E-state index is 0.163. The second kappa shape index (κ2) is 5.55. The maximum atomic E-state index is 12.6. The SMILES string of the molecule is O=C(C1CCN(c2nnc(C3CC3)s2)C1)N1CCCCC1. The third-order valence-electron chi connectivity index (χ3n) is 4.83. The van der Waals surface area contributed by atoms with Crippen molar-refractivity contribution in [2.24, 2.45) is 5.92 Å². The van der Waals surface area contributed by atoms with Crippen LogP contribution in [-0.4, -0.2) is 47.2 Å². The van der Waals surface area contributed by atoms with Crippen molar-refractivity contribution in [3.05, 3.63) is 5.01 Å². The van der Waals surface area contributed by atoms with Crippen LogP contribution in [0.4, 0.5) is 5.13 Å². The largest absolute Gasteiger partial charge is 0.346 e. The Labute approximate surface area is 129 Å². The van der Waals surface area contributed by atoms with E-state index in [9.17, 15) is 4.79 Å². The zero-order valence-corrected chi connectivity index (χ0v) is 13.1. The summed E-state index contributed by atoms with van der Waals surface area (Å²) >= 11 is 1.73. The Hall–Kier alpha value is -1.17. The Kier molecular flexibility index (Phi) is 3.57. The molecule has 1 atom stereocenters. The monoisotopic (exact) mass is 306 g/mol. The Bertz CT molecular complexity index is 521. The quantitative estimate of drug-likeness (QED) is 0.859. The Morgan fingerprint density at radius 3 is 2.62 bits per heavy atom. The van der Waals surface area contributed by atoms with Gasteiger partial charge in [0, 0.05) is 32.1 Å². The number of amides is 1. The second-order valence-corrected chi connectivity index (χ2v) is 7.50. The Balaban J connectivity index is 1.38. The summed E-state index contributed by atoms with van der Waals surface area (Å²) in [6.45, 7) is 3.69. The molecular formula is C15H22N4OS. The van der Waals surface area contributed by atoms with Gasteiger partial charge in [0.05, 0.1) is 5.92 Å². The van der Waals surface area contributed by atoms with E-state index in [4.69, 9.17) is 0 Å². The normalized spacial score (nSPS) is 26.4. The average molecular weight is 306 g/mol. The fourth-order valence-electron chi connectivity index (χ4n) is 3.36. The molecule has 1 aromatic rings. The van der Waals surface area contributed by atoms with Crippen molar-refractivity contribution < 1.29 is 4.79 Å². The van der Waals surface area contributed by atoms with E-state index < -0.39 is 0 Å². The first-order chi connectivity index (χ1) is 10.3. The van der Waals surface area contributed by atoms with Crippen LogP contribution < -0.4 is 4.90 Å². The molecule has 2 saturated heterocycles. The molecule has 0 radical (unpaired) electrons. The molecule has 3 aliphatic rings. The molecule has 1 aliphatic carbocycles. The molecule has 5 nitrogen and oxygen atoms in total. The first-order valence-electron chi connectivity index (χ1n) is 8.18. The predicted octanol–water partition coefficient (Wildman–Crippen LogP) is 2.25. The second-order valence-electron chi connectivity index (χ2n) is 6.51. The van der Waals surface area contributed by atoms with Crippen molar-refractivity contribution in [1.29, 1.82) is 0 Å². The third kappa shape index (κ3) is 2.78. The van der Waals surface area contributed by atoms with E-state index in [2.05, 4.69) is 20.0 Å². The molecule has 21 heavy (non-hydrogen) atoms. The van der Waals surface area contributed by atoms with Crippen LogP contribution in [0.15, 0.2) is 0 Å². The number of carbonyl (C=O) groups excluding carboxylic acids is 1. The summed E-state index contributed by atoms with van der Waals surface area (Å²) in [6.07, 6.45) is 7.12. The van der Waals surface area contributed by atoms with Gasteiger partial charge in [0.15, 0.2) is 0 Å². The van der Waals surface area contributed by atoms with Crippen molar-refractivity contribution in [2.75, 3.05) is 31.1 Å². The molecular weight excluding hydrogens is 284 g/mol. The standard InChI is InChI=1S/C15H22N4OS/c20-14(18-7-2-1-3-8-18)12-6-9-19(10-12)15-17-16-13(21-15)11-4-5-11/h11-12H,1-10H2. The molecule has 0 spiro atoms. The van der Waals surface area contributed by atoms with Gasteiger partial charge in [-0.15, -0.1) is 10.2 Å². The van der Waals surface area contributed by atoms with Gasteiger partial charge in [-0.1, -0.05) is 11.3 Å². The number of nitrogens with zero attached hydrogens (tertiary/aromatic N) is 4. The molecule has 1 unspecified atom stereocenters. The van der Waals surface area contributed by atoms with Gasteiger partial charge in [0.25, 0.3) is 0 Å². The maximum Gasteiger partial charge on any atom is 0.227 e. The van der Waals surface area contributed by atoms with E-state index in [1.807, 2.05) is 0 Å². The average Bonchev–Trinajstić information content (AvgIpc) is 3.07. The van der Waals surface area contributed by atoms with Gasteiger partial charge < -0.3 is 9.80 Å². The number of aromatic nitrogens is 2. The fourth-order valence-corrected chi connectivity index (χ4v) is 4.41. The molecule has 0 N–H and O–H groups in total. The van der Waals surface area contributed by atoms with Crippen molar-refractivity contribution in [1.82, 2.24) is 15.1 Å². The molecule has 0 bridgehead atoms. The van der Waals surface area contributed by atoms with E-state index in [1.165, 1.54) is 37.1 Å². The zero-order chi connectivity index (χ0) is 14.2. The van der Waals surface area contributed by atoms with Crippen LogP contribution in [0.5, 0.6) is 0 Å². The molecule has 1 amide bonds. The van der Waals surface area contributed by atoms with Gasteiger partial charge in [-0.2, -0.15) is 0 Å². The summed E-state index contributed by atoms with van der Waals surface area (Å²) in [5.41, 5.74) is 0. The summed E-state index contributed by atoms with van der Waals surface area (Å²) in [4.78, 5) is 16.9. The van der Waals surface area contributed by atoms with Crippen LogP contribution in [-0.2, 0) is 4.79 Å². The predicted molar refractivity (Wildman–Crippen MR) is 82.6 cm³/mol. The highest BCUT2D eigenvalue weighted by Crippen LogP contribution is 2.43. The number of carbonyl (C=O) groups is 1. The minimum absolute atomic E-state index is 0.163. The Morgan fingerprint density at radius 1 is 1.05 bits per heavy atom. The Morgan fingerprint density at radius 2 is 1.86 bits per heavy atom. The minimum Gasteiger partial charge on any atom is -0.346 e. The first kappa shape index (κ1) is 13.5. The first-order valence-corrected chi connectivity index (χ1v) is 9.00. The molecule has 0 aromatic carbocycles. The highest BCUT2D eigenvalue weighted by atomic mass is 32.1. The van der Waals surface area contributed by atoms with Crippen LogP contribution >= 0.6 is 11.3 Å². The fraction of sp³-hybridized carbons (Fsp3) is 0.800. The molecule has 114 valence electrons. The lowest BCUT2D eigenvalue weighted by molar-refractivity contribution is -0.135. The summed E-state index contributed by atoms with van der Waals surface area (Å²) < 4.78 is 0. The van der Waals surface area contributed by atoms with Gasteiger partial charge >= 0.3 is 0 Å². The number of anilines is 1. The highest BCUT2D eigenvalue weighted by Gasteiger charge is 2.34. The van der Waals surface area contributed by atoms with E-state index >= 15 is 0 Å². The lowest BCUT2D eigenvalue weighted by Gasteiger charge is -2.29. The molecule has 1 aromatic heterocycles. The molecule has 3 heterocycles. The van der Waals surface area contributed by atoms with Crippen LogP contribution in [0.1, 0.15) is 49.5 Å². The molecule has 4 rings (SSSR count). The molecule has 1 saturated carbocycles. The summed E-state index contributed by atoms with van der Waals surface area (Å²) in [6, 6.07) is 0. The number of rotatable bonds is 3. The van der Waals surface area contributed by atoms with Crippen molar-refractivity contribution in [3.8, 4) is 0 Å². The van der Waals surface area contributed by atoms with Gasteiger partial charge in [0.2, 0.25) is 11.0 Å². The van der Waals surface area contributed by atoms with Crippen LogP contribution in [0, 0.1) is 5.92 Å². The number of hydrogen-bond donors (Lipinski definition) is 0. The number of likely N-dealkylation sites (tertiary alicyclic amines) is 1. The van der Waals surface area contributed by atoms with Crippen molar-refractivity contribution >= 4 is 22.4 Å². The van der Waals surface area contributed by atoms with Crippen molar-refractivity contribution in [3.63, 3.8) is 0 Å². The van der Waals surface area contributed by atoms with Gasteiger partial charge in [-0.25, -0.2) is 0 Å². The van der Waals surface area contributed by atoms with E-state index in [0.717, 1.165) is 37.7 Å². The van der Waals surface area contributed by atoms with Gasteiger partial charge in [-0.05, 0) is 38.5 Å². The lowest BCUT2D eigenvalue weighted by Crippen LogP contribution is -2.40. The smallest absolute Gasteiger partial charge is 0.227 e. The van der Waals surface area contributed by atoms with Gasteiger partial charge in [0.1, 0.15) is 5.01 Å². The van der Waals surface area contributed by atoms with Crippen LogP contribution in [0.3, 0.4) is 0 Å². The number of piperidine rings is 1. The summed E-state index contributed by atoms with van der Waals surface area (Å²) in [7, 11) is 0. The van der Waals surface area contributed by atoms with Crippen LogP contribution in [0.2, 0.25) is 0 Å². The third-order valence-corrected chi connectivity index (χ3v) is 5.98. The molecule has 2 aliphatic heterocycles. The van der Waals surface area contributed by atoms with E-state index in [-0.39, 0.29) is 5.92 Å². The summed E-state index contributed by atoms with van der Waals surface area (Å²) in [5.74, 6) is 1.20. The topological polar surface area (TPSA) is 49.3 Å². The molecule has 3 fully saturated rings. The lowest BCUT2D eigenvalue weighted by atomic mass is 10.0. The molecule has 6 heteroatoms. The number of hydrogen-bond acceptors (Lipinski definition) is 5. The van der Waals surface area contributed by atoms with E-state index in [1.54, 1.807) is 11.3 Å². The zero-order valence-electron chi connectivity index (χ0n) is 12.3. The maximum absolute atomic E-state index is 12.6. The van der Waals surface area contributed by atoms with Crippen molar-refractivity contribution in [2.45, 2.75) is 44.4 Å². The van der Waals surface area contributed by atoms with E-state index in [0.29, 0.717) is 11.8 Å².